The van der Waals surface area contributed by atoms with Gasteiger partial charge in [-0.2, -0.15) is 0 Å². The second-order valence-electron chi connectivity index (χ2n) is 4.69. The lowest BCUT2D eigenvalue weighted by molar-refractivity contribution is 0.0936. The monoisotopic (exact) mass is 298 g/mol. The van der Waals surface area contributed by atoms with Crippen LogP contribution >= 0.6 is 15.9 Å². The Bertz CT molecular complexity index is 379. The molecule has 17 heavy (non-hydrogen) atoms. The summed E-state index contributed by atoms with van der Waals surface area (Å²) in [5.74, 6) is 0.598. The minimum absolute atomic E-state index is 0.0683. The predicted octanol–water partition coefficient (Wildman–Crippen LogP) is 3.40. The van der Waals surface area contributed by atoms with E-state index in [1.54, 1.807) is 18.3 Å². The van der Waals surface area contributed by atoms with Crippen molar-refractivity contribution in [3.63, 3.8) is 0 Å². The predicted molar refractivity (Wildman–Crippen MR) is 72.9 cm³/mol. The van der Waals surface area contributed by atoms with Gasteiger partial charge in [-0.1, -0.05) is 13.8 Å². The van der Waals surface area contributed by atoms with E-state index in [1.807, 2.05) is 6.92 Å². The molecule has 0 aliphatic carbocycles. The molecular formula is C13H19BrN2O. The van der Waals surface area contributed by atoms with Gasteiger partial charge in [-0.15, -0.1) is 0 Å². The number of nitrogens with zero attached hydrogens (tertiary/aromatic N) is 1. The molecule has 0 saturated heterocycles. The summed E-state index contributed by atoms with van der Waals surface area (Å²) in [5.41, 5.74) is 0.587. The van der Waals surface area contributed by atoms with E-state index in [4.69, 9.17) is 0 Å². The lowest BCUT2D eigenvalue weighted by Gasteiger charge is -2.15. The summed E-state index contributed by atoms with van der Waals surface area (Å²) in [6.07, 6.45) is 3.78. The van der Waals surface area contributed by atoms with E-state index in [0.29, 0.717) is 16.1 Å². The van der Waals surface area contributed by atoms with E-state index < -0.39 is 0 Å². The maximum Gasteiger partial charge on any atom is 0.254 e. The fourth-order valence-electron chi connectivity index (χ4n) is 1.51. The zero-order chi connectivity index (χ0) is 12.8. The maximum absolute atomic E-state index is 11.9. The number of nitrogens with one attached hydrogen (secondary N) is 1. The number of carbonyl (C=O) groups is 1. The van der Waals surface area contributed by atoms with Gasteiger partial charge in [0.05, 0.1) is 5.56 Å². The third kappa shape index (κ3) is 4.86. The van der Waals surface area contributed by atoms with Crippen molar-refractivity contribution < 1.29 is 4.79 Å². The van der Waals surface area contributed by atoms with E-state index in [-0.39, 0.29) is 11.9 Å². The molecule has 0 fully saturated rings. The van der Waals surface area contributed by atoms with Crippen molar-refractivity contribution in [1.82, 2.24) is 10.3 Å². The van der Waals surface area contributed by atoms with Crippen LogP contribution in [0.1, 0.15) is 44.0 Å². The molecule has 0 aliphatic rings. The van der Waals surface area contributed by atoms with Gasteiger partial charge >= 0.3 is 0 Å². The SMILES string of the molecule is CC(C)CCC(C)NC(=O)c1cccnc1Br. The fourth-order valence-corrected chi connectivity index (χ4v) is 1.94. The second-order valence-corrected chi connectivity index (χ2v) is 5.44. The number of halogens is 1. The molecule has 4 heteroatoms. The molecule has 1 amide bonds. The van der Waals surface area contributed by atoms with Gasteiger partial charge in [-0.25, -0.2) is 4.98 Å². The molecule has 0 radical (unpaired) electrons. The Balaban J connectivity index is 2.52. The third-order valence-electron chi connectivity index (χ3n) is 2.56. The van der Waals surface area contributed by atoms with Crippen molar-refractivity contribution in [2.24, 2.45) is 5.92 Å². The number of rotatable bonds is 5. The van der Waals surface area contributed by atoms with E-state index in [9.17, 15) is 4.79 Å². The van der Waals surface area contributed by atoms with Gasteiger partial charge < -0.3 is 5.32 Å². The highest BCUT2D eigenvalue weighted by atomic mass is 79.9. The molecule has 94 valence electrons. The summed E-state index contributed by atoms with van der Waals surface area (Å²) < 4.78 is 0.591. The summed E-state index contributed by atoms with van der Waals surface area (Å²) in [4.78, 5) is 16.0. The smallest absolute Gasteiger partial charge is 0.254 e. The average molecular weight is 299 g/mol. The molecule has 1 aromatic heterocycles. The van der Waals surface area contributed by atoms with Crippen molar-refractivity contribution in [3.8, 4) is 0 Å². The van der Waals surface area contributed by atoms with E-state index in [2.05, 4.69) is 40.1 Å². The highest BCUT2D eigenvalue weighted by Gasteiger charge is 2.13. The first-order chi connectivity index (χ1) is 8.00. The molecule has 1 N–H and O–H groups in total. The number of aromatic nitrogens is 1. The molecule has 1 rings (SSSR count). The van der Waals surface area contributed by atoms with Gasteiger partial charge in [0.1, 0.15) is 4.60 Å². The normalized spacial score (nSPS) is 12.5. The second kappa shape index (κ2) is 6.74. The third-order valence-corrected chi connectivity index (χ3v) is 3.19. The molecule has 1 aromatic rings. The van der Waals surface area contributed by atoms with Gasteiger partial charge in [-0.3, -0.25) is 4.79 Å². The molecule has 0 saturated carbocycles. The van der Waals surface area contributed by atoms with Crippen LogP contribution < -0.4 is 5.32 Å². The summed E-state index contributed by atoms with van der Waals surface area (Å²) in [5, 5.41) is 2.98. The van der Waals surface area contributed by atoms with Gasteiger partial charge in [0.25, 0.3) is 5.91 Å². The highest BCUT2D eigenvalue weighted by Crippen LogP contribution is 2.13. The fraction of sp³-hybridized carbons (Fsp3) is 0.538. The van der Waals surface area contributed by atoms with E-state index in [0.717, 1.165) is 12.8 Å². The number of carbonyl (C=O) groups excluding carboxylic acids is 1. The van der Waals surface area contributed by atoms with Crippen LogP contribution in [0.2, 0.25) is 0 Å². The van der Waals surface area contributed by atoms with Crippen LogP contribution in [0, 0.1) is 5.92 Å². The van der Waals surface area contributed by atoms with Gasteiger partial charge in [0.2, 0.25) is 0 Å². The number of pyridine rings is 1. The Labute approximate surface area is 111 Å². The van der Waals surface area contributed by atoms with Crippen LogP contribution in [0.3, 0.4) is 0 Å². The van der Waals surface area contributed by atoms with E-state index in [1.165, 1.54) is 0 Å². The molecule has 1 heterocycles. The maximum atomic E-state index is 11.9. The summed E-state index contributed by atoms with van der Waals surface area (Å²) >= 11 is 3.28. The molecule has 0 bridgehead atoms. The van der Waals surface area contributed by atoms with Crippen molar-refractivity contribution in [1.29, 1.82) is 0 Å². The summed E-state index contributed by atoms with van der Waals surface area (Å²) in [7, 11) is 0. The average Bonchev–Trinajstić information content (AvgIpc) is 2.26. The Morgan fingerprint density at radius 3 is 2.71 bits per heavy atom. The van der Waals surface area contributed by atoms with Crippen molar-refractivity contribution in [2.75, 3.05) is 0 Å². The minimum atomic E-state index is -0.0683. The molecule has 1 unspecified atom stereocenters. The standard InChI is InChI=1S/C13H19BrN2O/c1-9(2)6-7-10(3)16-13(17)11-5-4-8-15-12(11)14/h4-5,8-10H,6-7H2,1-3H3,(H,16,17). The Morgan fingerprint density at radius 1 is 1.41 bits per heavy atom. The van der Waals surface area contributed by atoms with Crippen LogP contribution in [0.4, 0.5) is 0 Å². The largest absolute Gasteiger partial charge is 0.350 e. The summed E-state index contributed by atoms with van der Waals surface area (Å²) in [6, 6.07) is 3.72. The van der Waals surface area contributed by atoms with Crippen LogP contribution in [-0.2, 0) is 0 Å². The van der Waals surface area contributed by atoms with Gasteiger partial charge in [0, 0.05) is 12.2 Å². The molecule has 1 atom stereocenters. The Kier molecular flexibility index (Phi) is 5.62. The van der Waals surface area contributed by atoms with Crippen LogP contribution in [0.25, 0.3) is 0 Å². The Morgan fingerprint density at radius 2 is 2.12 bits per heavy atom. The van der Waals surface area contributed by atoms with Crippen LogP contribution in [0.15, 0.2) is 22.9 Å². The first-order valence-corrected chi connectivity index (χ1v) is 6.71. The van der Waals surface area contributed by atoms with Gasteiger partial charge in [0.15, 0.2) is 0 Å². The first kappa shape index (κ1) is 14.2. The number of hydrogen-bond acceptors (Lipinski definition) is 2. The zero-order valence-corrected chi connectivity index (χ0v) is 12.1. The molecule has 3 nitrogen and oxygen atoms in total. The topological polar surface area (TPSA) is 42.0 Å². The quantitative estimate of drug-likeness (QED) is 0.847. The molecule has 0 aliphatic heterocycles. The van der Waals surface area contributed by atoms with Crippen molar-refractivity contribution in [2.45, 2.75) is 39.7 Å². The zero-order valence-electron chi connectivity index (χ0n) is 10.5. The lowest BCUT2D eigenvalue weighted by Crippen LogP contribution is -2.33. The van der Waals surface area contributed by atoms with Crippen molar-refractivity contribution >= 4 is 21.8 Å². The number of amides is 1. The molecule has 0 aromatic carbocycles. The molecular weight excluding hydrogens is 280 g/mol. The van der Waals surface area contributed by atoms with Gasteiger partial charge in [-0.05, 0) is 53.7 Å². The van der Waals surface area contributed by atoms with Crippen LogP contribution in [-0.4, -0.2) is 16.9 Å². The number of hydrogen-bond donors (Lipinski definition) is 1. The summed E-state index contributed by atoms with van der Waals surface area (Å²) in [6.45, 7) is 6.41. The molecule has 0 spiro atoms. The first-order valence-electron chi connectivity index (χ1n) is 5.92. The lowest BCUT2D eigenvalue weighted by atomic mass is 10.0. The highest BCUT2D eigenvalue weighted by molar-refractivity contribution is 9.10. The minimum Gasteiger partial charge on any atom is -0.350 e. The van der Waals surface area contributed by atoms with E-state index >= 15 is 0 Å². The Hall–Kier alpha value is -0.900. The van der Waals surface area contributed by atoms with Crippen molar-refractivity contribution in [3.05, 3.63) is 28.5 Å². The van der Waals surface area contributed by atoms with Crippen LogP contribution in [0.5, 0.6) is 0 Å².